The van der Waals surface area contributed by atoms with Gasteiger partial charge < -0.3 is 0 Å². The van der Waals surface area contributed by atoms with Crippen molar-refractivity contribution in [3.05, 3.63) is 52.4 Å². The number of nitrogens with one attached hydrogen (secondary N) is 1. The van der Waals surface area contributed by atoms with E-state index in [1.54, 1.807) is 19.1 Å². The van der Waals surface area contributed by atoms with Gasteiger partial charge in [0, 0.05) is 10.7 Å². The molecule has 1 aromatic carbocycles. The Morgan fingerprint density at radius 2 is 2.05 bits per heavy atom. The summed E-state index contributed by atoms with van der Waals surface area (Å²) in [5.74, 6) is -0.633. The molecule has 100 valence electrons. The lowest BCUT2D eigenvalue weighted by molar-refractivity contribution is 0.570. The van der Waals surface area contributed by atoms with Crippen LogP contribution in [0.15, 0.2) is 45.9 Å². The average Bonchev–Trinajstić information content (AvgIpc) is 2.35. The molecule has 0 spiro atoms. The van der Waals surface area contributed by atoms with Crippen molar-refractivity contribution in [3.63, 3.8) is 0 Å². The van der Waals surface area contributed by atoms with E-state index in [0.29, 0.717) is 10.0 Å². The van der Waals surface area contributed by atoms with E-state index in [9.17, 15) is 12.8 Å². The molecule has 0 aliphatic heterocycles. The third-order valence-corrected chi connectivity index (χ3v) is 4.27. The number of hydrogen-bond donors (Lipinski definition) is 1. The van der Waals surface area contributed by atoms with Crippen LogP contribution in [0.4, 0.5) is 10.2 Å². The Balaban J connectivity index is 2.44. The maximum atomic E-state index is 13.6. The number of rotatable bonds is 3. The van der Waals surface area contributed by atoms with Gasteiger partial charge in [-0.2, -0.15) is 0 Å². The first kappa shape index (κ1) is 14.0. The van der Waals surface area contributed by atoms with E-state index < -0.39 is 20.7 Å². The standard InChI is InChI=1S/C12H10BrFN2O2S/c1-8-3-2-6-15-12(8)16-19(17,18)11-7-9(13)4-5-10(11)14/h2-7H,1H3,(H,15,16). The molecule has 19 heavy (non-hydrogen) atoms. The first-order valence-electron chi connectivity index (χ1n) is 5.29. The van der Waals surface area contributed by atoms with Crippen LogP contribution in [0, 0.1) is 12.7 Å². The first-order valence-corrected chi connectivity index (χ1v) is 7.57. The Morgan fingerprint density at radius 1 is 1.32 bits per heavy atom. The van der Waals surface area contributed by atoms with Crippen molar-refractivity contribution in [1.29, 1.82) is 0 Å². The van der Waals surface area contributed by atoms with Crippen LogP contribution in [0.3, 0.4) is 0 Å². The Kier molecular flexibility index (Phi) is 3.86. The van der Waals surface area contributed by atoms with Crippen LogP contribution in [-0.2, 0) is 10.0 Å². The van der Waals surface area contributed by atoms with E-state index in [4.69, 9.17) is 0 Å². The summed E-state index contributed by atoms with van der Waals surface area (Å²) in [6.07, 6.45) is 1.46. The monoisotopic (exact) mass is 344 g/mol. The van der Waals surface area contributed by atoms with Crippen LogP contribution in [0.25, 0.3) is 0 Å². The van der Waals surface area contributed by atoms with E-state index in [0.717, 1.165) is 6.07 Å². The summed E-state index contributed by atoms with van der Waals surface area (Å²) in [4.78, 5) is 3.49. The number of aryl methyl sites for hydroxylation is 1. The molecular weight excluding hydrogens is 335 g/mol. The summed E-state index contributed by atoms with van der Waals surface area (Å²) in [5, 5.41) is 0. The lowest BCUT2D eigenvalue weighted by Crippen LogP contribution is -2.16. The van der Waals surface area contributed by atoms with Gasteiger partial charge in [0.25, 0.3) is 10.0 Å². The Morgan fingerprint density at radius 3 is 2.74 bits per heavy atom. The summed E-state index contributed by atoms with van der Waals surface area (Å²) in [7, 11) is -4.01. The van der Waals surface area contributed by atoms with Gasteiger partial charge in [0.2, 0.25) is 0 Å². The van der Waals surface area contributed by atoms with Crippen LogP contribution < -0.4 is 4.72 Å². The summed E-state index contributed by atoms with van der Waals surface area (Å²) >= 11 is 3.11. The minimum Gasteiger partial charge on any atom is -0.263 e. The van der Waals surface area contributed by atoms with Crippen molar-refractivity contribution in [3.8, 4) is 0 Å². The van der Waals surface area contributed by atoms with Crippen LogP contribution >= 0.6 is 15.9 Å². The van der Waals surface area contributed by atoms with E-state index in [-0.39, 0.29) is 5.82 Å². The van der Waals surface area contributed by atoms with Crippen molar-refractivity contribution in [2.75, 3.05) is 4.72 Å². The van der Waals surface area contributed by atoms with Gasteiger partial charge in [-0.05, 0) is 36.8 Å². The largest absolute Gasteiger partial charge is 0.266 e. The fraction of sp³-hybridized carbons (Fsp3) is 0.0833. The van der Waals surface area contributed by atoms with Crippen LogP contribution in [0.5, 0.6) is 0 Å². The maximum Gasteiger partial charge on any atom is 0.266 e. The number of pyridine rings is 1. The molecule has 7 heteroatoms. The Bertz CT molecular complexity index is 719. The zero-order valence-electron chi connectivity index (χ0n) is 9.89. The van der Waals surface area contributed by atoms with Crippen molar-refractivity contribution >= 4 is 31.8 Å². The highest BCUT2D eigenvalue weighted by Gasteiger charge is 2.20. The van der Waals surface area contributed by atoms with E-state index in [2.05, 4.69) is 25.6 Å². The van der Waals surface area contributed by atoms with Gasteiger partial charge in [0.05, 0.1) is 0 Å². The quantitative estimate of drug-likeness (QED) is 0.930. The second-order valence-electron chi connectivity index (χ2n) is 3.85. The molecule has 0 bridgehead atoms. The number of aromatic nitrogens is 1. The smallest absolute Gasteiger partial charge is 0.263 e. The maximum absolute atomic E-state index is 13.6. The molecule has 0 atom stereocenters. The molecule has 0 amide bonds. The van der Waals surface area contributed by atoms with Gasteiger partial charge in [-0.1, -0.05) is 22.0 Å². The van der Waals surface area contributed by atoms with Gasteiger partial charge >= 0.3 is 0 Å². The van der Waals surface area contributed by atoms with E-state index in [1.165, 1.54) is 18.3 Å². The highest BCUT2D eigenvalue weighted by Crippen LogP contribution is 2.22. The van der Waals surface area contributed by atoms with Gasteiger partial charge in [-0.15, -0.1) is 0 Å². The minimum absolute atomic E-state index is 0.182. The molecular formula is C12H10BrFN2O2S. The Hall–Kier alpha value is -1.47. The van der Waals surface area contributed by atoms with Crippen molar-refractivity contribution < 1.29 is 12.8 Å². The van der Waals surface area contributed by atoms with E-state index in [1.807, 2.05) is 0 Å². The zero-order chi connectivity index (χ0) is 14.0. The molecule has 0 radical (unpaired) electrons. The number of nitrogens with zero attached hydrogens (tertiary/aromatic N) is 1. The molecule has 0 aliphatic carbocycles. The van der Waals surface area contributed by atoms with Gasteiger partial charge in [-0.25, -0.2) is 17.8 Å². The predicted octanol–water partition coefficient (Wildman–Crippen LogP) is 3.09. The van der Waals surface area contributed by atoms with E-state index >= 15 is 0 Å². The molecule has 0 aliphatic rings. The summed E-state index contributed by atoms with van der Waals surface area (Å²) in [5.41, 5.74) is 0.654. The van der Waals surface area contributed by atoms with Crippen LogP contribution in [-0.4, -0.2) is 13.4 Å². The number of hydrogen-bond acceptors (Lipinski definition) is 3. The Labute approximate surface area is 118 Å². The molecule has 2 rings (SSSR count). The van der Waals surface area contributed by atoms with Gasteiger partial charge in [-0.3, -0.25) is 4.72 Å². The highest BCUT2D eigenvalue weighted by molar-refractivity contribution is 9.10. The lowest BCUT2D eigenvalue weighted by atomic mass is 10.3. The lowest BCUT2D eigenvalue weighted by Gasteiger charge is -2.10. The van der Waals surface area contributed by atoms with Gasteiger partial charge in [0.15, 0.2) is 0 Å². The first-order chi connectivity index (χ1) is 8.90. The average molecular weight is 345 g/mol. The van der Waals surface area contributed by atoms with Crippen LogP contribution in [0.1, 0.15) is 5.56 Å². The fourth-order valence-corrected chi connectivity index (χ4v) is 3.16. The van der Waals surface area contributed by atoms with Crippen molar-refractivity contribution in [1.82, 2.24) is 4.98 Å². The normalized spacial score (nSPS) is 11.3. The van der Waals surface area contributed by atoms with Crippen molar-refractivity contribution in [2.24, 2.45) is 0 Å². The molecule has 4 nitrogen and oxygen atoms in total. The third-order valence-electron chi connectivity index (χ3n) is 2.42. The predicted molar refractivity (Wildman–Crippen MR) is 73.9 cm³/mol. The number of sulfonamides is 1. The molecule has 1 heterocycles. The SMILES string of the molecule is Cc1cccnc1NS(=O)(=O)c1cc(Br)ccc1F. The zero-order valence-corrected chi connectivity index (χ0v) is 12.3. The number of anilines is 1. The summed E-state index contributed by atoms with van der Waals surface area (Å²) < 4.78 is 40.6. The molecule has 0 fully saturated rings. The fourth-order valence-electron chi connectivity index (χ4n) is 1.46. The second-order valence-corrected chi connectivity index (χ2v) is 6.42. The van der Waals surface area contributed by atoms with Crippen molar-refractivity contribution in [2.45, 2.75) is 11.8 Å². The number of halogens is 2. The topological polar surface area (TPSA) is 59.1 Å². The third kappa shape index (κ3) is 3.10. The number of benzene rings is 1. The second kappa shape index (κ2) is 5.26. The van der Waals surface area contributed by atoms with Gasteiger partial charge in [0.1, 0.15) is 16.5 Å². The molecule has 0 saturated heterocycles. The summed E-state index contributed by atoms with van der Waals surface area (Å²) in [6.45, 7) is 1.71. The molecule has 1 aromatic heterocycles. The molecule has 2 aromatic rings. The minimum atomic E-state index is -4.01. The highest BCUT2D eigenvalue weighted by atomic mass is 79.9. The molecule has 0 unspecified atom stereocenters. The molecule has 1 N–H and O–H groups in total. The summed E-state index contributed by atoms with van der Waals surface area (Å²) in [6, 6.07) is 7.12. The van der Waals surface area contributed by atoms with Crippen LogP contribution in [0.2, 0.25) is 0 Å². The molecule has 0 saturated carbocycles.